The van der Waals surface area contributed by atoms with Gasteiger partial charge in [0.1, 0.15) is 10.0 Å². The molecular weight excluding hydrogens is 234 g/mol. The van der Waals surface area contributed by atoms with Gasteiger partial charge in [-0.2, -0.15) is 0 Å². The van der Waals surface area contributed by atoms with E-state index in [4.69, 9.17) is 4.74 Å². The van der Waals surface area contributed by atoms with Gasteiger partial charge in [-0.1, -0.05) is 6.92 Å². The van der Waals surface area contributed by atoms with Crippen LogP contribution in [0.15, 0.2) is 0 Å². The topological polar surface area (TPSA) is 47.0 Å². The van der Waals surface area contributed by atoms with Crippen LogP contribution in [0.1, 0.15) is 42.1 Å². The second-order valence-corrected chi connectivity index (χ2v) is 5.50. The van der Waals surface area contributed by atoms with Crippen LogP contribution < -0.4 is 5.32 Å². The molecule has 0 saturated carbocycles. The Labute approximate surface area is 107 Å². The summed E-state index contributed by atoms with van der Waals surface area (Å²) in [5.41, 5.74) is 0. The smallest absolute Gasteiger partial charge is 0.122 e. The van der Waals surface area contributed by atoms with Gasteiger partial charge < -0.3 is 10.1 Å². The number of hydrogen-bond donors (Lipinski definition) is 1. The van der Waals surface area contributed by atoms with E-state index in [0.29, 0.717) is 5.92 Å². The van der Waals surface area contributed by atoms with E-state index in [1.807, 2.05) is 0 Å². The monoisotopic (exact) mass is 255 g/mol. The average Bonchev–Trinajstić information content (AvgIpc) is 2.85. The number of hydrogen-bond acceptors (Lipinski definition) is 5. The van der Waals surface area contributed by atoms with Gasteiger partial charge in [0.25, 0.3) is 0 Å². The first kappa shape index (κ1) is 12.9. The fraction of sp³-hybridized carbons (Fsp3) is 0.833. The summed E-state index contributed by atoms with van der Waals surface area (Å²) in [6, 6.07) is 0. The Morgan fingerprint density at radius 3 is 3.18 bits per heavy atom. The quantitative estimate of drug-likeness (QED) is 0.790. The van der Waals surface area contributed by atoms with E-state index < -0.39 is 0 Å². The maximum Gasteiger partial charge on any atom is 0.122 e. The molecule has 0 bridgehead atoms. The lowest BCUT2D eigenvalue weighted by atomic mass is 10.0. The third kappa shape index (κ3) is 4.01. The zero-order valence-electron chi connectivity index (χ0n) is 10.4. The van der Waals surface area contributed by atoms with Crippen LogP contribution in [-0.4, -0.2) is 36.5 Å². The highest BCUT2D eigenvalue weighted by molar-refractivity contribution is 7.11. The largest absolute Gasteiger partial charge is 0.381 e. The van der Waals surface area contributed by atoms with E-state index in [0.717, 1.165) is 45.6 Å². The third-order valence-electron chi connectivity index (χ3n) is 2.99. The molecule has 1 fully saturated rings. The molecule has 1 N–H and O–H groups in total. The van der Waals surface area contributed by atoms with E-state index in [1.54, 1.807) is 11.3 Å². The molecule has 5 heteroatoms. The first-order valence-electron chi connectivity index (χ1n) is 6.51. The first-order chi connectivity index (χ1) is 8.40. The average molecular weight is 255 g/mol. The van der Waals surface area contributed by atoms with Gasteiger partial charge in [0.05, 0.1) is 6.61 Å². The Balaban J connectivity index is 1.78. The van der Waals surface area contributed by atoms with Crippen molar-refractivity contribution in [1.82, 2.24) is 15.5 Å². The molecule has 4 nitrogen and oxygen atoms in total. The Hall–Kier alpha value is -0.520. The summed E-state index contributed by atoms with van der Waals surface area (Å²) in [7, 11) is 0. The second kappa shape index (κ2) is 7.03. The van der Waals surface area contributed by atoms with Crippen molar-refractivity contribution in [1.29, 1.82) is 0 Å². The van der Waals surface area contributed by atoms with Gasteiger partial charge in [0.15, 0.2) is 0 Å². The first-order valence-corrected chi connectivity index (χ1v) is 7.32. The molecule has 1 aromatic rings. The molecule has 1 atom stereocenters. The van der Waals surface area contributed by atoms with Crippen molar-refractivity contribution < 1.29 is 4.74 Å². The van der Waals surface area contributed by atoms with Crippen LogP contribution in [0.5, 0.6) is 0 Å². The minimum atomic E-state index is 0.490. The summed E-state index contributed by atoms with van der Waals surface area (Å²) in [5.74, 6) is 0.490. The van der Waals surface area contributed by atoms with Gasteiger partial charge >= 0.3 is 0 Å². The predicted octanol–water partition coefficient (Wildman–Crippen LogP) is 1.97. The van der Waals surface area contributed by atoms with Crippen molar-refractivity contribution in [3.05, 3.63) is 10.0 Å². The van der Waals surface area contributed by atoms with Crippen molar-refractivity contribution in [2.24, 2.45) is 0 Å². The molecule has 96 valence electrons. The predicted molar refractivity (Wildman–Crippen MR) is 69.6 cm³/mol. The number of rotatable bonds is 6. The Morgan fingerprint density at radius 2 is 2.41 bits per heavy atom. The highest BCUT2D eigenvalue weighted by Gasteiger charge is 2.19. The van der Waals surface area contributed by atoms with E-state index in [1.165, 1.54) is 16.4 Å². The molecule has 1 aliphatic heterocycles. The molecule has 17 heavy (non-hydrogen) atoms. The van der Waals surface area contributed by atoms with Gasteiger partial charge in [-0.25, -0.2) is 0 Å². The Morgan fingerprint density at radius 1 is 1.47 bits per heavy atom. The summed E-state index contributed by atoms with van der Waals surface area (Å²) >= 11 is 1.77. The molecule has 2 heterocycles. The molecule has 1 aromatic heterocycles. The lowest BCUT2D eigenvalue weighted by Gasteiger charge is -2.19. The maximum atomic E-state index is 5.49. The molecule has 0 aromatic carbocycles. The van der Waals surface area contributed by atoms with Gasteiger partial charge in [-0.3, -0.25) is 0 Å². The molecule has 0 aliphatic carbocycles. The van der Waals surface area contributed by atoms with Crippen LogP contribution in [0.25, 0.3) is 0 Å². The molecule has 0 spiro atoms. The highest BCUT2D eigenvalue weighted by atomic mass is 32.1. The van der Waals surface area contributed by atoms with E-state index in [-0.39, 0.29) is 0 Å². The van der Waals surface area contributed by atoms with Crippen molar-refractivity contribution in [2.45, 2.75) is 38.5 Å². The zero-order valence-corrected chi connectivity index (χ0v) is 11.3. The van der Waals surface area contributed by atoms with Gasteiger partial charge in [-0.05, 0) is 32.4 Å². The second-order valence-electron chi connectivity index (χ2n) is 4.41. The van der Waals surface area contributed by atoms with Crippen molar-refractivity contribution in [2.75, 3.05) is 26.3 Å². The van der Waals surface area contributed by atoms with Crippen LogP contribution in [-0.2, 0) is 11.2 Å². The fourth-order valence-electron chi connectivity index (χ4n) is 2.01. The number of aryl methyl sites for hydroxylation is 1. The molecule has 1 unspecified atom stereocenters. The van der Waals surface area contributed by atoms with Crippen molar-refractivity contribution >= 4 is 11.3 Å². The van der Waals surface area contributed by atoms with Gasteiger partial charge in [0, 0.05) is 18.9 Å². The summed E-state index contributed by atoms with van der Waals surface area (Å²) in [4.78, 5) is 0. The fourth-order valence-corrected chi connectivity index (χ4v) is 3.01. The van der Waals surface area contributed by atoms with Crippen LogP contribution in [0.2, 0.25) is 0 Å². The Kier molecular flexibility index (Phi) is 5.35. The van der Waals surface area contributed by atoms with Crippen molar-refractivity contribution in [3.8, 4) is 0 Å². The minimum absolute atomic E-state index is 0.490. The highest BCUT2D eigenvalue weighted by Crippen LogP contribution is 2.27. The molecule has 1 saturated heterocycles. The lowest BCUT2D eigenvalue weighted by molar-refractivity contribution is 0.0802. The number of aromatic nitrogens is 2. The van der Waals surface area contributed by atoms with E-state index >= 15 is 0 Å². The normalized spacial score (nSPS) is 20.6. The maximum absolute atomic E-state index is 5.49. The van der Waals surface area contributed by atoms with E-state index in [9.17, 15) is 0 Å². The molecule has 2 rings (SSSR count). The zero-order chi connectivity index (χ0) is 11.9. The number of ether oxygens (including phenoxy) is 1. The van der Waals surface area contributed by atoms with Crippen LogP contribution in [0.3, 0.4) is 0 Å². The molecular formula is C12H21N3OS. The van der Waals surface area contributed by atoms with Gasteiger partial charge in [-0.15, -0.1) is 21.5 Å². The lowest BCUT2D eigenvalue weighted by Crippen LogP contribution is -2.15. The van der Waals surface area contributed by atoms with Crippen LogP contribution in [0.4, 0.5) is 0 Å². The molecule has 0 radical (unpaired) electrons. The Bertz CT molecular complexity index is 323. The summed E-state index contributed by atoms with van der Waals surface area (Å²) in [6.07, 6.45) is 4.54. The minimum Gasteiger partial charge on any atom is -0.381 e. The summed E-state index contributed by atoms with van der Waals surface area (Å²) < 4.78 is 5.49. The van der Waals surface area contributed by atoms with Crippen LogP contribution >= 0.6 is 11.3 Å². The summed E-state index contributed by atoms with van der Waals surface area (Å²) in [6.45, 7) is 5.97. The van der Waals surface area contributed by atoms with Crippen LogP contribution in [0, 0.1) is 0 Å². The number of nitrogens with one attached hydrogen (secondary N) is 1. The SMILES string of the molecule is CCNCCCc1nnc(C2CCCOC2)s1. The van der Waals surface area contributed by atoms with Gasteiger partial charge in [0.2, 0.25) is 0 Å². The standard InChI is InChI=1S/C12H21N3OS/c1-2-13-7-3-6-11-14-15-12(17-11)10-5-4-8-16-9-10/h10,13H,2-9H2,1H3. The third-order valence-corrected chi connectivity index (χ3v) is 4.13. The molecule has 0 amide bonds. The summed E-state index contributed by atoms with van der Waals surface area (Å²) in [5, 5.41) is 14.2. The van der Waals surface area contributed by atoms with Crippen molar-refractivity contribution in [3.63, 3.8) is 0 Å². The van der Waals surface area contributed by atoms with E-state index in [2.05, 4.69) is 22.4 Å². The molecule has 1 aliphatic rings. The number of nitrogens with zero attached hydrogens (tertiary/aromatic N) is 2.